The van der Waals surface area contributed by atoms with E-state index in [4.69, 9.17) is 11.6 Å². The van der Waals surface area contributed by atoms with Crippen LogP contribution < -0.4 is 9.62 Å². The minimum Gasteiger partial charge on any atom is -0.354 e. The van der Waals surface area contributed by atoms with Crippen LogP contribution in [0.1, 0.15) is 50.3 Å². The zero-order valence-electron chi connectivity index (χ0n) is 22.0. The van der Waals surface area contributed by atoms with Gasteiger partial charge in [-0.05, 0) is 74.1 Å². The van der Waals surface area contributed by atoms with Gasteiger partial charge in [0.15, 0.2) is 0 Å². The molecule has 0 saturated carbocycles. The van der Waals surface area contributed by atoms with E-state index >= 15 is 0 Å². The minimum atomic E-state index is -3.54. The Balaban J connectivity index is 2.18. The number of carbonyl (C=O) groups is 2. The maximum absolute atomic E-state index is 13.3. The Morgan fingerprint density at radius 1 is 1.00 bits per heavy atom. The first-order valence-electron chi connectivity index (χ1n) is 12.2. The fraction of sp³-hybridized carbons (Fsp3) is 0.481. The zero-order chi connectivity index (χ0) is 27.0. The second kappa shape index (κ2) is 13.1. The van der Waals surface area contributed by atoms with E-state index in [-0.39, 0.29) is 37.2 Å². The highest BCUT2D eigenvalue weighted by molar-refractivity contribution is 7.92. The van der Waals surface area contributed by atoms with Crippen molar-refractivity contribution in [3.63, 3.8) is 0 Å². The van der Waals surface area contributed by atoms with E-state index in [1.807, 2.05) is 58.0 Å². The standard InChI is InChI=1S/C27H38ClN3O4S/c1-19(2)17-29-27(33)22(5)30(18-23-9-11-24(28)12-10-23)26(32)8-7-13-31(36(6,34)35)25-15-20(3)14-21(4)16-25/h9-12,14-16,19,22H,7-8,13,17-18H2,1-6H3,(H,29,33). The molecular weight excluding hydrogens is 498 g/mol. The maximum atomic E-state index is 13.3. The molecule has 1 N–H and O–H groups in total. The largest absolute Gasteiger partial charge is 0.354 e. The number of anilines is 1. The molecule has 0 fully saturated rings. The molecule has 0 radical (unpaired) electrons. The minimum absolute atomic E-state index is 0.103. The Morgan fingerprint density at radius 3 is 2.11 bits per heavy atom. The van der Waals surface area contributed by atoms with Crippen molar-refractivity contribution in [2.45, 2.75) is 60.0 Å². The summed E-state index contributed by atoms with van der Waals surface area (Å²) in [6.45, 7) is 10.5. The highest BCUT2D eigenvalue weighted by Gasteiger charge is 2.26. The van der Waals surface area contributed by atoms with E-state index in [0.29, 0.717) is 23.7 Å². The van der Waals surface area contributed by atoms with Crippen LogP contribution in [0.25, 0.3) is 0 Å². The molecule has 0 saturated heterocycles. The monoisotopic (exact) mass is 535 g/mol. The molecule has 2 amide bonds. The number of halogens is 1. The van der Waals surface area contributed by atoms with E-state index in [1.54, 1.807) is 24.0 Å². The number of hydrogen-bond acceptors (Lipinski definition) is 4. The van der Waals surface area contributed by atoms with Gasteiger partial charge in [0.1, 0.15) is 6.04 Å². The van der Waals surface area contributed by atoms with Crippen LogP contribution in [0, 0.1) is 19.8 Å². The molecule has 1 unspecified atom stereocenters. The summed E-state index contributed by atoms with van der Waals surface area (Å²) in [7, 11) is -3.54. The number of rotatable bonds is 12. The molecule has 0 aliphatic heterocycles. The first kappa shape index (κ1) is 29.6. The Bertz CT molecular complexity index is 1130. The number of sulfonamides is 1. The summed E-state index contributed by atoms with van der Waals surface area (Å²) in [5.41, 5.74) is 3.36. The summed E-state index contributed by atoms with van der Waals surface area (Å²) >= 11 is 6.00. The average Bonchev–Trinajstić information content (AvgIpc) is 2.77. The van der Waals surface area contributed by atoms with Gasteiger partial charge in [-0.3, -0.25) is 13.9 Å². The van der Waals surface area contributed by atoms with Crippen LogP contribution in [0.3, 0.4) is 0 Å². The molecule has 0 aromatic heterocycles. The molecule has 2 aromatic rings. The Morgan fingerprint density at radius 2 is 1.58 bits per heavy atom. The van der Waals surface area contributed by atoms with Gasteiger partial charge >= 0.3 is 0 Å². The van der Waals surface area contributed by atoms with Crippen molar-refractivity contribution < 1.29 is 18.0 Å². The van der Waals surface area contributed by atoms with Crippen LogP contribution in [0.2, 0.25) is 5.02 Å². The van der Waals surface area contributed by atoms with Crippen molar-refractivity contribution in [2.75, 3.05) is 23.7 Å². The molecule has 198 valence electrons. The fourth-order valence-corrected chi connectivity index (χ4v) is 5.00. The number of aryl methyl sites for hydroxylation is 2. The lowest BCUT2D eigenvalue weighted by atomic mass is 10.1. The lowest BCUT2D eigenvalue weighted by molar-refractivity contribution is -0.140. The van der Waals surface area contributed by atoms with Crippen molar-refractivity contribution in [1.82, 2.24) is 10.2 Å². The second-order valence-corrected chi connectivity index (χ2v) is 12.1. The van der Waals surface area contributed by atoms with Gasteiger partial charge in [-0.15, -0.1) is 0 Å². The maximum Gasteiger partial charge on any atom is 0.242 e. The van der Waals surface area contributed by atoms with Crippen LogP contribution in [-0.2, 0) is 26.2 Å². The van der Waals surface area contributed by atoms with Gasteiger partial charge in [-0.1, -0.05) is 43.6 Å². The van der Waals surface area contributed by atoms with E-state index < -0.39 is 16.1 Å². The summed E-state index contributed by atoms with van der Waals surface area (Å²) in [6.07, 6.45) is 1.59. The van der Waals surface area contributed by atoms with Gasteiger partial charge in [0.2, 0.25) is 21.8 Å². The molecule has 0 aliphatic carbocycles. The number of amides is 2. The average molecular weight is 536 g/mol. The topological polar surface area (TPSA) is 86.8 Å². The summed E-state index contributed by atoms with van der Waals surface area (Å²) in [4.78, 5) is 27.7. The third kappa shape index (κ3) is 9.13. The van der Waals surface area contributed by atoms with Crippen LogP contribution in [-0.4, -0.2) is 50.5 Å². The summed E-state index contributed by atoms with van der Waals surface area (Å²) in [5, 5.41) is 3.49. The number of benzene rings is 2. The lowest BCUT2D eigenvalue weighted by Crippen LogP contribution is -2.48. The summed E-state index contributed by atoms with van der Waals surface area (Å²) in [6, 6.07) is 12.1. The van der Waals surface area contributed by atoms with Crippen LogP contribution >= 0.6 is 11.6 Å². The Kier molecular flexibility index (Phi) is 10.8. The van der Waals surface area contributed by atoms with Crippen LogP contribution in [0.5, 0.6) is 0 Å². The predicted molar refractivity (Wildman–Crippen MR) is 147 cm³/mol. The SMILES string of the molecule is Cc1cc(C)cc(N(CCCC(=O)N(Cc2ccc(Cl)cc2)C(C)C(=O)NCC(C)C)S(C)(=O)=O)c1. The Labute approximate surface area is 220 Å². The predicted octanol–water partition coefficient (Wildman–Crippen LogP) is 4.69. The molecule has 9 heteroatoms. The van der Waals surface area contributed by atoms with Crippen molar-refractivity contribution in [3.8, 4) is 0 Å². The van der Waals surface area contributed by atoms with E-state index in [1.165, 1.54) is 10.6 Å². The molecular formula is C27H38ClN3O4S. The highest BCUT2D eigenvalue weighted by atomic mass is 35.5. The van der Waals surface area contributed by atoms with Crippen LogP contribution in [0.15, 0.2) is 42.5 Å². The van der Waals surface area contributed by atoms with Crippen molar-refractivity contribution in [1.29, 1.82) is 0 Å². The van der Waals surface area contributed by atoms with Gasteiger partial charge in [-0.2, -0.15) is 0 Å². The quantitative estimate of drug-likeness (QED) is 0.427. The van der Waals surface area contributed by atoms with E-state index in [2.05, 4.69) is 5.32 Å². The van der Waals surface area contributed by atoms with Gasteiger partial charge in [0.25, 0.3) is 0 Å². The normalized spacial score (nSPS) is 12.3. The molecule has 0 heterocycles. The third-order valence-electron chi connectivity index (χ3n) is 5.76. The first-order valence-corrected chi connectivity index (χ1v) is 14.4. The van der Waals surface area contributed by atoms with Gasteiger partial charge in [0, 0.05) is 31.1 Å². The molecule has 36 heavy (non-hydrogen) atoms. The van der Waals surface area contributed by atoms with E-state index in [9.17, 15) is 18.0 Å². The fourth-order valence-electron chi connectivity index (χ4n) is 3.92. The van der Waals surface area contributed by atoms with Crippen molar-refractivity contribution >= 4 is 39.1 Å². The Hall–Kier alpha value is -2.58. The molecule has 2 rings (SSSR count). The molecule has 2 aromatic carbocycles. The summed E-state index contributed by atoms with van der Waals surface area (Å²) < 4.78 is 26.4. The zero-order valence-corrected chi connectivity index (χ0v) is 23.6. The van der Waals surface area contributed by atoms with E-state index in [0.717, 1.165) is 16.7 Å². The highest BCUT2D eigenvalue weighted by Crippen LogP contribution is 2.22. The molecule has 7 nitrogen and oxygen atoms in total. The van der Waals surface area contributed by atoms with Crippen molar-refractivity contribution in [2.24, 2.45) is 5.92 Å². The number of carbonyl (C=O) groups excluding carboxylic acids is 2. The third-order valence-corrected chi connectivity index (χ3v) is 7.21. The first-order chi connectivity index (χ1) is 16.8. The molecule has 0 spiro atoms. The number of nitrogens with one attached hydrogen (secondary N) is 1. The molecule has 1 atom stereocenters. The number of nitrogens with zero attached hydrogens (tertiary/aromatic N) is 2. The molecule has 0 bridgehead atoms. The lowest BCUT2D eigenvalue weighted by Gasteiger charge is -2.29. The molecule has 0 aliphatic rings. The van der Waals surface area contributed by atoms with Gasteiger partial charge in [-0.25, -0.2) is 8.42 Å². The van der Waals surface area contributed by atoms with Crippen molar-refractivity contribution in [3.05, 3.63) is 64.2 Å². The summed E-state index contributed by atoms with van der Waals surface area (Å²) in [5.74, 6) is -0.154. The number of hydrogen-bond donors (Lipinski definition) is 1. The second-order valence-electron chi connectivity index (χ2n) is 9.75. The van der Waals surface area contributed by atoms with Crippen LogP contribution in [0.4, 0.5) is 5.69 Å². The van der Waals surface area contributed by atoms with Gasteiger partial charge < -0.3 is 10.2 Å². The van der Waals surface area contributed by atoms with Gasteiger partial charge in [0.05, 0.1) is 11.9 Å². The smallest absolute Gasteiger partial charge is 0.242 e.